The molecular weight excluding hydrogens is 354 g/mol. The van der Waals surface area contributed by atoms with Gasteiger partial charge in [-0.3, -0.25) is 0 Å². The number of alkyl halides is 3. The third kappa shape index (κ3) is 3.82. The molecule has 0 spiro atoms. The van der Waals surface area contributed by atoms with Crippen LogP contribution in [0.25, 0.3) is 5.69 Å². The summed E-state index contributed by atoms with van der Waals surface area (Å²) in [5, 5.41) is 6.96. The molecule has 0 aliphatic carbocycles. The zero-order chi connectivity index (χ0) is 16.7. The highest BCUT2D eigenvalue weighted by Gasteiger charge is 2.37. The summed E-state index contributed by atoms with van der Waals surface area (Å²) in [7, 11) is -1.40. The predicted octanol–water partition coefficient (Wildman–Crippen LogP) is 5.01. The highest BCUT2D eigenvalue weighted by Crippen LogP contribution is 2.41. The summed E-state index contributed by atoms with van der Waals surface area (Å²) < 4.78 is 40.3. The molecule has 0 fully saturated rings. The van der Waals surface area contributed by atoms with Gasteiger partial charge in [-0.1, -0.05) is 48.1 Å². The third-order valence-electron chi connectivity index (χ3n) is 2.85. The van der Waals surface area contributed by atoms with Crippen molar-refractivity contribution in [3.05, 3.63) is 39.6 Å². The summed E-state index contributed by atoms with van der Waals surface area (Å²) in [4.78, 5) is 0. The molecule has 1 aromatic heterocycles. The summed E-state index contributed by atoms with van der Waals surface area (Å²) >= 11 is 11.5. The summed E-state index contributed by atoms with van der Waals surface area (Å²) in [5.41, 5.74) is -0.220. The van der Waals surface area contributed by atoms with Gasteiger partial charge in [0.1, 0.15) is 0 Å². The second kappa shape index (κ2) is 5.86. The standard InChI is InChI=1S/C13H14Cl2F3N3Si/c1-22(2,3)7-8-6-21(20-19-8)10-5-4-9(14)11(12(10)15)13(16,17)18/h4-6H,7H2,1-3H3. The molecule has 3 nitrogen and oxygen atoms in total. The molecular formula is C13H14Cl2F3N3Si. The number of hydrogen-bond donors (Lipinski definition) is 0. The Morgan fingerprint density at radius 3 is 2.36 bits per heavy atom. The van der Waals surface area contributed by atoms with Crippen LogP contribution in [0.3, 0.4) is 0 Å². The molecule has 0 unspecified atom stereocenters. The van der Waals surface area contributed by atoms with Crippen molar-refractivity contribution >= 4 is 31.3 Å². The number of benzene rings is 1. The number of rotatable bonds is 3. The van der Waals surface area contributed by atoms with Crippen molar-refractivity contribution in [3.8, 4) is 5.69 Å². The molecule has 2 aromatic rings. The molecule has 0 saturated carbocycles. The van der Waals surface area contributed by atoms with Crippen LogP contribution in [-0.4, -0.2) is 23.1 Å². The van der Waals surface area contributed by atoms with Crippen molar-refractivity contribution in [1.82, 2.24) is 15.0 Å². The van der Waals surface area contributed by atoms with E-state index in [1.165, 1.54) is 10.7 Å². The van der Waals surface area contributed by atoms with Crippen molar-refractivity contribution in [3.63, 3.8) is 0 Å². The predicted molar refractivity (Wildman–Crippen MR) is 83.4 cm³/mol. The molecule has 0 saturated heterocycles. The van der Waals surface area contributed by atoms with Crippen molar-refractivity contribution < 1.29 is 13.2 Å². The minimum Gasteiger partial charge on any atom is -0.219 e. The molecule has 2 rings (SSSR count). The molecule has 9 heteroatoms. The maximum Gasteiger partial charge on any atom is 0.419 e. The van der Waals surface area contributed by atoms with Crippen molar-refractivity contribution in [2.45, 2.75) is 31.9 Å². The van der Waals surface area contributed by atoms with Crippen molar-refractivity contribution in [2.75, 3.05) is 0 Å². The van der Waals surface area contributed by atoms with Gasteiger partial charge >= 0.3 is 6.18 Å². The highest BCUT2D eigenvalue weighted by atomic mass is 35.5. The van der Waals surface area contributed by atoms with E-state index in [2.05, 4.69) is 30.0 Å². The fraction of sp³-hybridized carbons (Fsp3) is 0.385. The van der Waals surface area contributed by atoms with Crippen LogP contribution < -0.4 is 0 Å². The molecule has 0 N–H and O–H groups in total. The van der Waals surface area contributed by atoms with Gasteiger partial charge in [0.2, 0.25) is 0 Å². The van der Waals surface area contributed by atoms with Crippen molar-refractivity contribution in [2.24, 2.45) is 0 Å². The van der Waals surface area contributed by atoms with Crippen LogP contribution in [0.4, 0.5) is 13.2 Å². The van der Waals surface area contributed by atoms with E-state index >= 15 is 0 Å². The zero-order valence-electron chi connectivity index (χ0n) is 12.2. The van der Waals surface area contributed by atoms with Gasteiger partial charge in [-0.2, -0.15) is 13.2 Å². The lowest BCUT2D eigenvalue weighted by Gasteiger charge is -2.14. The summed E-state index contributed by atoms with van der Waals surface area (Å²) in [6.07, 6.45) is -3.03. The van der Waals surface area contributed by atoms with Crippen LogP contribution in [0, 0.1) is 0 Å². The Balaban J connectivity index is 2.46. The van der Waals surface area contributed by atoms with Gasteiger partial charge in [-0.25, -0.2) is 4.68 Å². The van der Waals surface area contributed by atoms with Gasteiger partial charge in [0.05, 0.1) is 41.3 Å². The number of nitrogens with zero attached hydrogens (tertiary/aromatic N) is 3. The molecule has 0 aliphatic heterocycles. The Morgan fingerprint density at radius 2 is 1.82 bits per heavy atom. The van der Waals surface area contributed by atoms with Crippen molar-refractivity contribution in [1.29, 1.82) is 0 Å². The fourth-order valence-corrected chi connectivity index (χ4v) is 3.94. The first-order valence-corrected chi connectivity index (χ1v) is 10.9. The topological polar surface area (TPSA) is 30.7 Å². The number of halogens is 5. The van der Waals surface area contributed by atoms with Crippen LogP contribution in [0.15, 0.2) is 18.3 Å². The number of hydrogen-bond acceptors (Lipinski definition) is 2. The molecule has 0 amide bonds. The molecule has 120 valence electrons. The molecule has 22 heavy (non-hydrogen) atoms. The Bertz CT molecular complexity index is 693. The van der Waals surface area contributed by atoms with E-state index in [4.69, 9.17) is 23.2 Å². The van der Waals surface area contributed by atoms with Gasteiger partial charge in [0.15, 0.2) is 0 Å². The first-order chi connectivity index (χ1) is 9.99. The van der Waals surface area contributed by atoms with Gasteiger partial charge in [0.25, 0.3) is 0 Å². The van der Waals surface area contributed by atoms with E-state index < -0.39 is 29.9 Å². The summed E-state index contributed by atoms with van der Waals surface area (Å²) in [6, 6.07) is 3.34. The normalized spacial score (nSPS) is 12.7. The largest absolute Gasteiger partial charge is 0.419 e. The van der Waals surface area contributed by atoms with Crippen LogP contribution in [0.5, 0.6) is 0 Å². The van der Waals surface area contributed by atoms with Gasteiger partial charge in [-0.15, -0.1) is 5.10 Å². The summed E-state index contributed by atoms with van der Waals surface area (Å²) in [5.74, 6) is 0. The highest BCUT2D eigenvalue weighted by molar-refractivity contribution is 6.75. The zero-order valence-corrected chi connectivity index (χ0v) is 14.7. The molecule has 0 radical (unpaired) electrons. The monoisotopic (exact) mass is 367 g/mol. The first kappa shape index (κ1) is 17.3. The minimum absolute atomic E-state index is 0.104. The Kier molecular flexibility index (Phi) is 4.61. The van der Waals surface area contributed by atoms with E-state index in [9.17, 15) is 13.2 Å². The average Bonchev–Trinajstić information content (AvgIpc) is 2.72. The second-order valence-electron chi connectivity index (χ2n) is 6.15. The second-order valence-corrected chi connectivity index (χ2v) is 12.4. The quantitative estimate of drug-likeness (QED) is 0.713. The van der Waals surface area contributed by atoms with E-state index in [0.29, 0.717) is 0 Å². The Hall–Kier alpha value is -1.05. The minimum atomic E-state index is -4.63. The van der Waals surface area contributed by atoms with Crippen LogP contribution in [0.2, 0.25) is 29.7 Å². The smallest absolute Gasteiger partial charge is 0.219 e. The van der Waals surface area contributed by atoms with E-state index in [1.807, 2.05) is 0 Å². The Labute approximate surface area is 137 Å². The SMILES string of the molecule is C[Si](C)(C)Cc1cn(-c2ccc(Cl)c(C(F)(F)F)c2Cl)nn1. The molecule has 1 aromatic carbocycles. The Morgan fingerprint density at radius 1 is 1.18 bits per heavy atom. The molecule has 0 bridgehead atoms. The van der Waals surface area contributed by atoms with Gasteiger partial charge < -0.3 is 0 Å². The van der Waals surface area contributed by atoms with Crippen LogP contribution >= 0.6 is 23.2 Å². The lowest BCUT2D eigenvalue weighted by molar-refractivity contribution is -0.137. The van der Waals surface area contributed by atoms with Crippen LogP contribution in [-0.2, 0) is 12.2 Å². The van der Waals surface area contributed by atoms with E-state index in [-0.39, 0.29) is 5.69 Å². The molecule has 1 heterocycles. The van der Waals surface area contributed by atoms with E-state index in [1.54, 1.807) is 6.20 Å². The first-order valence-electron chi connectivity index (χ1n) is 6.46. The molecule has 0 aliphatic rings. The van der Waals surface area contributed by atoms with Crippen LogP contribution in [0.1, 0.15) is 11.3 Å². The lowest BCUT2D eigenvalue weighted by Crippen LogP contribution is -2.24. The third-order valence-corrected chi connectivity index (χ3v) is 4.97. The number of aromatic nitrogens is 3. The molecule has 0 atom stereocenters. The average molecular weight is 368 g/mol. The fourth-order valence-electron chi connectivity index (χ4n) is 2.02. The van der Waals surface area contributed by atoms with Gasteiger partial charge in [-0.05, 0) is 18.2 Å². The lowest BCUT2D eigenvalue weighted by atomic mass is 10.2. The maximum atomic E-state index is 13.0. The summed E-state index contributed by atoms with van der Waals surface area (Å²) in [6.45, 7) is 6.51. The van der Waals surface area contributed by atoms with Gasteiger partial charge in [0, 0.05) is 0 Å². The maximum absolute atomic E-state index is 13.0. The van der Waals surface area contributed by atoms with E-state index in [0.717, 1.165) is 17.8 Å².